The van der Waals surface area contributed by atoms with Gasteiger partial charge in [0.25, 0.3) is 0 Å². The molecule has 0 aliphatic carbocycles. The van der Waals surface area contributed by atoms with Crippen LogP contribution in [0.4, 0.5) is 10.7 Å². The van der Waals surface area contributed by atoms with Gasteiger partial charge in [-0.3, -0.25) is 4.68 Å². The van der Waals surface area contributed by atoms with Crippen LogP contribution >= 0.6 is 23.2 Å². The van der Waals surface area contributed by atoms with Gasteiger partial charge in [-0.25, -0.2) is 14.8 Å². The van der Waals surface area contributed by atoms with Crippen LogP contribution in [0.15, 0.2) is 30.6 Å². The number of nitrogens with zero attached hydrogens (tertiary/aromatic N) is 5. The summed E-state index contributed by atoms with van der Waals surface area (Å²) in [5, 5.41) is 7.82. The van der Waals surface area contributed by atoms with Gasteiger partial charge in [0.15, 0.2) is 0 Å². The Balaban J connectivity index is 1.57. The summed E-state index contributed by atoms with van der Waals surface area (Å²) in [6.07, 6.45) is 3.53. The molecule has 0 fully saturated rings. The van der Waals surface area contributed by atoms with Crippen molar-refractivity contribution >= 4 is 35.2 Å². The molecular formula is C19H19Cl2N7O2. The Morgan fingerprint density at radius 1 is 1.30 bits per heavy atom. The first-order chi connectivity index (χ1) is 14.5. The van der Waals surface area contributed by atoms with Gasteiger partial charge in [0.2, 0.25) is 5.95 Å². The Kier molecular flexibility index (Phi) is 5.65. The van der Waals surface area contributed by atoms with E-state index in [4.69, 9.17) is 33.7 Å². The number of urea groups is 1. The standard InChI is InChI=1S/C19H19Cl2N7O2/c1-30-15-8-11(20)7-13(21)16(15)17-12-9-27(10-14(12)25-18(22)26-17)19(29)23-4-6-28-5-2-3-24-28/h2-3,5,7-8H,4,6,9-10H2,1H3,(H,23,29)(H2,22,25,26). The van der Waals surface area contributed by atoms with E-state index in [9.17, 15) is 4.79 Å². The van der Waals surface area contributed by atoms with E-state index in [1.165, 1.54) is 7.11 Å². The zero-order valence-electron chi connectivity index (χ0n) is 16.1. The molecule has 1 aliphatic rings. The minimum Gasteiger partial charge on any atom is -0.496 e. The summed E-state index contributed by atoms with van der Waals surface area (Å²) < 4.78 is 7.20. The molecule has 0 spiro atoms. The first-order valence-corrected chi connectivity index (χ1v) is 9.90. The number of halogens is 2. The van der Waals surface area contributed by atoms with Gasteiger partial charge in [-0.1, -0.05) is 23.2 Å². The molecule has 11 heteroatoms. The number of carbonyl (C=O) groups excluding carboxylic acids is 1. The summed E-state index contributed by atoms with van der Waals surface area (Å²) in [5.74, 6) is 0.563. The third-order valence-electron chi connectivity index (χ3n) is 4.74. The number of fused-ring (bicyclic) bond motifs is 1. The normalized spacial score (nSPS) is 12.7. The monoisotopic (exact) mass is 447 g/mol. The minimum absolute atomic E-state index is 0.0951. The molecular weight excluding hydrogens is 429 g/mol. The van der Waals surface area contributed by atoms with E-state index in [1.54, 1.807) is 27.9 Å². The molecule has 0 unspecified atom stereocenters. The Morgan fingerprint density at radius 3 is 2.87 bits per heavy atom. The van der Waals surface area contributed by atoms with Crippen LogP contribution in [0.2, 0.25) is 10.0 Å². The van der Waals surface area contributed by atoms with Crippen LogP contribution in [-0.2, 0) is 19.6 Å². The number of amides is 2. The smallest absolute Gasteiger partial charge is 0.318 e. The predicted molar refractivity (Wildman–Crippen MR) is 113 cm³/mol. The number of methoxy groups -OCH3 is 1. The third kappa shape index (κ3) is 3.99. The van der Waals surface area contributed by atoms with Crippen molar-refractivity contribution in [3.05, 3.63) is 51.9 Å². The van der Waals surface area contributed by atoms with Crippen molar-refractivity contribution in [2.75, 3.05) is 19.4 Å². The molecule has 0 saturated heterocycles. The third-order valence-corrected chi connectivity index (χ3v) is 5.26. The molecule has 156 valence electrons. The van der Waals surface area contributed by atoms with Gasteiger partial charge >= 0.3 is 6.03 Å². The van der Waals surface area contributed by atoms with Crippen molar-refractivity contribution in [3.63, 3.8) is 0 Å². The maximum Gasteiger partial charge on any atom is 0.318 e. The van der Waals surface area contributed by atoms with E-state index >= 15 is 0 Å². The molecule has 30 heavy (non-hydrogen) atoms. The molecule has 4 rings (SSSR count). The Labute approximate surface area is 182 Å². The number of hydrogen-bond acceptors (Lipinski definition) is 6. The van der Waals surface area contributed by atoms with Crippen LogP contribution < -0.4 is 15.8 Å². The second-order valence-corrected chi connectivity index (χ2v) is 7.52. The first kappa shape index (κ1) is 20.2. The molecule has 0 saturated carbocycles. The van der Waals surface area contributed by atoms with Crippen LogP contribution in [0.1, 0.15) is 11.3 Å². The highest BCUT2D eigenvalue weighted by Gasteiger charge is 2.30. The maximum absolute atomic E-state index is 12.6. The van der Waals surface area contributed by atoms with E-state index in [0.29, 0.717) is 58.9 Å². The van der Waals surface area contributed by atoms with Crippen LogP contribution in [0.5, 0.6) is 5.75 Å². The van der Waals surface area contributed by atoms with Gasteiger partial charge in [0, 0.05) is 29.5 Å². The quantitative estimate of drug-likeness (QED) is 0.621. The molecule has 0 radical (unpaired) electrons. The summed E-state index contributed by atoms with van der Waals surface area (Å²) >= 11 is 12.5. The largest absolute Gasteiger partial charge is 0.496 e. The van der Waals surface area contributed by atoms with Crippen LogP contribution in [-0.4, -0.2) is 44.3 Å². The van der Waals surface area contributed by atoms with E-state index in [0.717, 1.165) is 5.56 Å². The van der Waals surface area contributed by atoms with Crippen LogP contribution in [0, 0.1) is 0 Å². The number of anilines is 1. The van der Waals surface area contributed by atoms with E-state index in [-0.39, 0.29) is 12.0 Å². The van der Waals surface area contributed by atoms with Crippen molar-refractivity contribution in [2.45, 2.75) is 19.6 Å². The molecule has 2 amide bonds. The molecule has 0 bridgehead atoms. The second kappa shape index (κ2) is 8.37. The van der Waals surface area contributed by atoms with Gasteiger partial charge in [-0.2, -0.15) is 5.10 Å². The van der Waals surface area contributed by atoms with Gasteiger partial charge in [-0.05, 0) is 18.2 Å². The molecule has 3 aromatic rings. The van der Waals surface area contributed by atoms with Crippen molar-refractivity contribution < 1.29 is 9.53 Å². The Bertz CT molecular complexity index is 1090. The number of rotatable bonds is 5. The van der Waals surface area contributed by atoms with Crippen molar-refractivity contribution in [2.24, 2.45) is 0 Å². The summed E-state index contributed by atoms with van der Waals surface area (Å²) in [6.45, 7) is 1.66. The second-order valence-electron chi connectivity index (χ2n) is 6.68. The van der Waals surface area contributed by atoms with Crippen LogP contribution in [0.3, 0.4) is 0 Å². The lowest BCUT2D eigenvalue weighted by Crippen LogP contribution is -2.38. The molecule has 3 N–H and O–H groups in total. The number of ether oxygens (including phenoxy) is 1. The Hall–Kier alpha value is -3.04. The highest BCUT2D eigenvalue weighted by atomic mass is 35.5. The number of nitrogens with one attached hydrogen (secondary N) is 1. The number of benzene rings is 1. The summed E-state index contributed by atoms with van der Waals surface area (Å²) in [4.78, 5) is 23.0. The number of nitrogens with two attached hydrogens (primary N) is 1. The molecule has 2 aromatic heterocycles. The fraction of sp³-hybridized carbons (Fsp3) is 0.263. The highest BCUT2D eigenvalue weighted by Crippen LogP contribution is 2.42. The predicted octanol–water partition coefficient (Wildman–Crippen LogP) is 2.96. The van der Waals surface area contributed by atoms with Crippen molar-refractivity contribution in [1.29, 1.82) is 0 Å². The molecule has 0 atom stereocenters. The maximum atomic E-state index is 12.6. The lowest BCUT2D eigenvalue weighted by Gasteiger charge is -2.16. The molecule has 1 aromatic carbocycles. The van der Waals surface area contributed by atoms with E-state index < -0.39 is 0 Å². The minimum atomic E-state index is -0.209. The van der Waals surface area contributed by atoms with Crippen molar-refractivity contribution in [1.82, 2.24) is 30.0 Å². The zero-order valence-corrected chi connectivity index (χ0v) is 17.6. The number of hydrogen-bond donors (Lipinski definition) is 2. The molecule has 1 aliphatic heterocycles. The lowest BCUT2D eigenvalue weighted by molar-refractivity contribution is 0.197. The van der Waals surface area contributed by atoms with Crippen molar-refractivity contribution in [3.8, 4) is 17.0 Å². The highest BCUT2D eigenvalue weighted by molar-refractivity contribution is 6.37. The van der Waals surface area contributed by atoms with E-state index in [1.807, 2.05) is 12.3 Å². The summed E-state index contributed by atoms with van der Waals surface area (Å²) in [7, 11) is 1.52. The van der Waals surface area contributed by atoms with Crippen LogP contribution in [0.25, 0.3) is 11.3 Å². The first-order valence-electron chi connectivity index (χ1n) is 9.15. The fourth-order valence-electron chi connectivity index (χ4n) is 3.39. The molecule has 9 nitrogen and oxygen atoms in total. The number of carbonyl (C=O) groups is 1. The van der Waals surface area contributed by atoms with Gasteiger partial charge in [-0.15, -0.1) is 0 Å². The fourth-order valence-corrected chi connectivity index (χ4v) is 3.95. The SMILES string of the molecule is COc1cc(Cl)cc(Cl)c1-c1nc(N)nc2c1CN(C(=O)NCCn1cccn1)C2. The average Bonchev–Trinajstić information content (AvgIpc) is 3.36. The Morgan fingerprint density at radius 2 is 2.13 bits per heavy atom. The average molecular weight is 448 g/mol. The lowest BCUT2D eigenvalue weighted by atomic mass is 10.0. The zero-order chi connectivity index (χ0) is 21.3. The van der Waals surface area contributed by atoms with Gasteiger partial charge < -0.3 is 20.7 Å². The topological polar surface area (TPSA) is 111 Å². The summed E-state index contributed by atoms with van der Waals surface area (Å²) in [5.41, 5.74) is 8.48. The van der Waals surface area contributed by atoms with Gasteiger partial charge in [0.1, 0.15) is 5.75 Å². The summed E-state index contributed by atoms with van der Waals surface area (Å²) in [6, 6.07) is 4.89. The molecule has 3 heterocycles. The van der Waals surface area contributed by atoms with E-state index in [2.05, 4.69) is 20.4 Å². The number of aromatic nitrogens is 4. The number of nitrogen functional groups attached to an aromatic ring is 1. The van der Waals surface area contributed by atoms with Gasteiger partial charge in [0.05, 0.1) is 48.7 Å².